The van der Waals surface area contributed by atoms with Gasteiger partial charge >= 0.3 is 0 Å². The lowest BCUT2D eigenvalue weighted by atomic mass is 10.1. The number of isocyanates is 2. The number of hydrogen-bond donors (Lipinski definition) is 0. The molecule has 1 aromatic rings. The Hall–Kier alpha value is -2.28. The van der Waals surface area contributed by atoms with E-state index < -0.39 is 0 Å². The highest BCUT2D eigenvalue weighted by Gasteiger charge is 1.98. The molecular weight excluding hydrogens is 192 g/mol. The SMILES string of the molecule is C=C(CN=C=O)c1cccc(N=C=O)c1. The van der Waals surface area contributed by atoms with Crippen LogP contribution in [0.4, 0.5) is 5.69 Å². The number of hydrogen-bond acceptors (Lipinski definition) is 4. The minimum atomic E-state index is 0.192. The molecule has 15 heavy (non-hydrogen) atoms. The zero-order chi connectivity index (χ0) is 11.1. The Bertz CT molecular complexity index is 467. The molecule has 0 unspecified atom stereocenters. The first-order valence-corrected chi connectivity index (χ1v) is 4.17. The Morgan fingerprint density at radius 1 is 1.33 bits per heavy atom. The van der Waals surface area contributed by atoms with Crippen LogP contribution in [-0.4, -0.2) is 18.7 Å². The van der Waals surface area contributed by atoms with E-state index in [0.29, 0.717) is 11.3 Å². The van der Waals surface area contributed by atoms with E-state index >= 15 is 0 Å². The van der Waals surface area contributed by atoms with Crippen LogP contribution in [0.15, 0.2) is 40.8 Å². The fourth-order valence-electron chi connectivity index (χ4n) is 1.07. The van der Waals surface area contributed by atoms with Gasteiger partial charge in [0.1, 0.15) is 0 Å². The lowest BCUT2D eigenvalue weighted by Crippen LogP contribution is -1.86. The summed E-state index contributed by atoms with van der Waals surface area (Å²) in [6, 6.07) is 6.88. The van der Waals surface area contributed by atoms with Crippen molar-refractivity contribution in [3.05, 3.63) is 36.4 Å². The topological polar surface area (TPSA) is 58.9 Å². The molecule has 1 aromatic carbocycles. The highest BCUT2D eigenvalue weighted by Crippen LogP contribution is 2.19. The van der Waals surface area contributed by atoms with Crippen molar-refractivity contribution in [2.75, 3.05) is 6.54 Å². The van der Waals surface area contributed by atoms with Crippen LogP contribution in [0.3, 0.4) is 0 Å². The number of nitrogens with zero attached hydrogens (tertiary/aromatic N) is 2. The summed E-state index contributed by atoms with van der Waals surface area (Å²) >= 11 is 0. The summed E-state index contributed by atoms with van der Waals surface area (Å²) in [5.74, 6) is 0. The molecule has 0 spiro atoms. The zero-order valence-corrected chi connectivity index (χ0v) is 7.93. The second kappa shape index (κ2) is 5.45. The van der Waals surface area contributed by atoms with Gasteiger partial charge in [-0.15, -0.1) is 0 Å². The predicted molar refractivity (Wildman–Crippen MR) is 56.2 cm³/mol. The maximum atomic E-state index is 10.0. The van der Waals surface area contributed by atoms with Gasteiger partial charge in [0.15, 0.2) is 0 Å². The monoisotopic (exact) mass is 200 g/mol. The number of aliphatic imine (C=N–C) groups is 2. The molecule has 0 aliphatic heterocycles. The maximum Gasteiger partial charge on any atom is 0.240 e. The molecule has 1 rings (SSSR count). The normalized spacial score (nSPS) is 8.53. The van der Waals surface area contributed by atoms with E-state index in [4.69, 9.17) is 0 Å². The molecule has 4 heteroatoms. The van der Waals surface area contributed by atoms with E-state index in [1.807, 2.05) is 0 Å². The largest absolute Gasteiger partial charge is 0.240 e. The van der Waals surface area contributed by atoms with Crippen LogP contribution < -0.4 is 0 Å². The van der Waals surface area contributed by atoms with E-state index in [2.05, 4.69) is 16.6 Å². The van der Waals surface area contributed by atoms with Gasteiger partial charge in [0.05, 0.1) is 12.2 Å². The van der Waals surface area contributed by atoms with Gasteiger partial charge in [0.2, 0.25) is 12.2 Å². The van der Waals surface area contributed by atoms with Crippen molar-refractivity contribution >= 4 is 23.4 Å². The summed E-state index contributed by atoms with van der Waals surface area (Å²) in [6.45, 7) is 3.94. The summed E-state index contributed by atoms with van der Waals surface area (Å²) in [6.07, 6.45) is 2.89. The molecule has 0 fully saturated rings. The highest BCUT2D eigenvalue weighted by atomic mass is 16.1. The first kappa shape index (κ1) is 10.8. The van der Waals surface area contributed by atoms with E-state index in [0.717, 1.165) is 5.56 Å². The molecular formula is C11H8N2O2. The van der Waals surface area contributed by atoms with Crippen molar-refractivity contribution in [1.29, 1.82) is 0 Å². The summed E-state index contributed by atoms with van der Waals surface area (Å²) < 4.78 is 0. The number of carbonyl (C=O) groups excluding carboxylic acids is 2. The van der Waals surface area contributed by atoms with Gasteiger partial charge in [0, 0.05) is 0 Å². The van der Waals surface area contributed by atoms with Gasteiger partial charge in [-0.1, -0.05) is 18.7 Å². The fourth-order valence-corrected chi connectivity index (χ4v) is 1.07. The van der Waals surface area contributed by atoms with E-state index in [1.165, 1.54) is 12.2 Å². The third kappa shape index (κ3) is 3.16. The minimum absolute atomic E-state index is 0.192. The molecule has 0 saturated carbocycles. The van der Waals surface area contributed by atoms with Gasteiger partial charge in [-0.2, -0.15) is 4.99 Å². The maximum absolute atomic E-state index is 10.0. The van der Waals surface area contributed by atoms with Crippen molar-refractivity contribution in [2.24, 2.45) is 9.98 Å². The van der Waals surface area contributed by atoms with Crippen molar-refractivity contribution < 1.29 is 9.59 Å². The molecule has 0 aromatic heterocycles. The summed E-state index contributed by atoms with van der Waals surface area (Å²) in [7, 11) is 0. The standard InChI is InChI=1S/C11H8N2O2/c1-9(6-12-7-14)10-3-2-4-11(5-10)13-8-15/h2-5H,1,6H2. The van der Waals surface area contributed by atoms with Gasteiger partial charge in [-0.3, -0.25) is 0 Å². The summed E-state index contributed by atoms with van der Waals surface area (Å²) in [4.78, 5) is 26.8. The Balaban J connectivity index is 2.94. The average molecular weight is 200 g/mol. The number of rotatable bonds is 4. The first-order valence-electron chi connectivity index (χ1n) is 4.17. The predicted octanol–water partition coefficient (Wildman–Crippen LogP) is 2.00. The molecule has 0 heterocycles. The first-order chi connectivity index (χ1) is 7.27. The van der Waals surface area contributed by atoms with Crippen LogP contribution in [0.1, 0.15) is 5.56 Å². The van der Waals surface area contributed by atoms with Crippen molar-refractivity contribution in [1.82, 2.24) is 0 Å². The Morgan fingerprint density at radius 3 is 2.80 bits per heavy atom. The fraction of sp³-hybridized carbons (Fsp3) is 0.0909. The molecule has 74 valence electrons. The van der Waals surface area contributed by atoms with Crippen LogP contribution in [-0.2, 0) is 9.59 Å². The van der Waals surface area contributed by atoms with Crippen LogP contribution in [0, 0.1) is 0 Å². The van der Waals surface area contributed by atoms with Crippen molar-refractivity contribution in [2.45, 2.75) is 0 Å². The van der Waals surface area contributed by atoms with Crippen LogP contribution in [0.25, 0.3) is 5.57 Å². The van der Waals surface area contributed by atoms with Gasteiger partial charge in [-0.05, 0) is 23.3 Å². The lowest BCUT2D eigenvalue weighted by Gasteiger charge is -2.01. The molecule has 0 amide bonds. The molecule has 0 aliphatic rings. The second-order valence-corrected chi connectivity index (χ2v) is 2.76. The van der Waals surface area contributed by atoms with Gasteiger partial charge in [-0.25, -0.2) is 14.6 Å². The average Bonchev–Trinajstić information content (AvgIpc) is 2.27. The molecule has 0 radical (unpaired) electrons. The van der Waals surface area contributed by atoms with E-state index in [1.54, 1.807) is 24.3 Å². The van der Waals surface area contributed by atoms with Gasteiger partial charge < -0.3 is 0 Å². The van der Waals surface area contributed by atoms with Crippen LogP contribution in [0.5, 0.6) is 0 Å². The Kier molecular flexibility index (Phi) is 3.92. The smallest absolute Gasteiger partial charge is 0.211 e. The van der Waals surface area contributed by atoms with Crippen molar-refractivity contribution in [3.8, 4) is 0 Å². The molecule has 0 aliphatic carbocycles. The van der Waals surface area contributed by atoms with E-state index in [-0.39, 0.29) is 6.54 Å². The Labute approximate surface area is 86.7 Å². The zero-order valence-electron chi connectivity index (χ0n) is 7.93. The number of benzene rings is 1. The second-order valence-electron chi connectivity index (χ2n) is 2.76. The molecule has 0 atom stereocenters. The Morgan fingerprint density at radius 2 is 2.13 bits per heavy atom. The quantitative estimate of drug-likeness (QED) is 0.551. The summed E-state index contributed by atoms with van der Waals surface area (Å²) in [5, 5.41) is 0. The third-order valence-electron chi connectivity index (χ3n) is 1.76. The summed E-state index contributed by atoms with van der Waals surface area (Å²) in [5.41, 5.74) is 1.95. The minimum Gasteiger partial charge on any atom is -0.211 e. The lowest BCUT2D eigenvalue weighted by molar-refractivity contribution is 0.563. The van der Waals surface area contributed by atoms with E-state index in [9.17, 15) is 9.59 Å². The molecule has 0 N–H and O–H groups in total. The third-order valence-corrected chi connectivity index (χ3v) is 1.76. The molecule has 4 nitrogen and oxygen atoms in total. The van der Waals surface area contributed by atoms with Crippen LogP contribution >= 0.6 is 0 Å². The molecule has 0 bridgehead atoms. The van der Waals surface area contributed by atoms with Gasteiger partial charge in [0.25, 0.3) is 0 Å². The highest BCUT2D eigenvalue weighted by molar-refractivity contribution is 5.68. The van der Waals surface area contributed by atoms with Crippen molar-refractivity contribution in [3.63, 3.8) is 0 Å². The van der Waals surface area contributed by atoms with Crippen LogP contribution in [0.2, 0.25) is 0 Å². The molecule has 0 saturated heterocycles.